The van der Waals surface area contributed by atoms with Gasteiger partial charge in [0.2, 0.25) is 0 Å². The van der Waals surface area contributed by atoms with E-state index in [0.717, 1.165) is 16.7 Å². The number of aromatic hydroxyl groups is 1. The van der Waals surface area contributed by atoms with E-state index in [9.17, 15) is 19.8 Å². The number of Topliss-reactive ketones (excluding diaryl/α,β-unsaturated/α-hetero) is 1. The molecule has 220 valence electrons. The van der Waals surface area contributed by atoms with Crippen molar-refractivity contribution in [1.29, 1.82) is 0 Å². The lowest BCUT2D eigenvalue weighted by atomic mass is 9.94. The zero-order valence-corrected chi connectivity index (χ0v) is 24.2. The van der Waals surface area contributed by atoms with Gasteiger partial charge in [0, 0.05) is 12.1 Å². The van der Waals surface area contributed by atoms with E-state index >= 15 is 0 Å². The Morgan fingerprint density at radius 1 is 0.860 bits per heavy atom. The first-order valence-corrected chi connectivity index (χ1v) is 14.0. The fourth-order valence-corrected chi connectivity index (χ4v) is 5.14. The maximum Gasteiger partial charge on any atom is 0.295 e. The molecule has 5 rings (SSSR count). The lowest BCUT2D eigenvalue weighted by Gasteiger charge is -2.26. The van der Waals surface area contributed by atoms with Crippen molar-refractivity contribution in [3.63, 3.8) is 0 Å². The summed E-state index contributed by atoms with van der Waals surface area (Å²) >= 11 is 0. The van der Waals surface area contributed by atoms with Gasteiger partial charge in [-0.1, -0.05) is 48.5 Å². The molecule has 1 unspecified atom stereocenters. The number of aliphatic hydroxyl groups is 1. The topological polar surface area (TPSA) is 106 Å². The fraction of sp³-hybridized carbons (Fsp3) is 0.200. The molecule has 0 aromatic heterocycles. The van der Waals surface area contributed by atoms with Gasteiger partial charge in [-0.2, -0.15) is 0 Å². The van der Waals surface area contributed by atoms with Gasteiger partial charge in [0.15, 0.2) is 11.5 Å². The van der Waals surface area contributed by atoms with Crippen molar-refractivity contribution in [3.05, 3.63) is 124 Å². The highest BCUT2D eigenvalue weighted by molar-refractivity contribution is 6.46. The number of hydrogen-bond acceptors (Lipinski definition) is 7. The molecule has 0 saturated carbocycles. The molecule has 1 heterocycles. The zero-order valence-electron chi connectivity index (χ0n) is 24.2. The first kappa shape index (κ1) is 29.3. The smallest absolute Gasteiger partial charge is 0.295 e. The first-order valence-electron chi connectivity index (χ1n) is 14.0. The molecule has 1 fully saturated rings. The molecule has 8 heteroatoms. The number of nitrogens with zero attached hydrogens (tertiary/aromatic N) is 1. The first-order chi connectivity index (χ1) is 20.8. The van der Waals surface area contributed by atoms with Crippen LogP contribution in [0.5, 0.6) is 23.0 Å². The number of hydrogen-bond donors (Lipinski definition) is 2. The number of rotatable bonds is 10. The lowest BCUT2D eigenvalue weighted by Crippen LogP contribution is -2.29. The molecule has 8 nitrogen and oxygen atoms in total. The van der Waals surface area contributed by atoms with Gasteiger partial charge in [-0.05, 0) is 78.6 Å². The van der Waals surface area contributed by atoms with E-state index < -0.39 is 17.7 Å². The number of ether oxygens (including phenoxy) is 3. The second-order valence-corrected chi connectivity index (χ2v) is 10.2. The standard InChI is InChI=1S/C35H33NO7/c1-4-42-30-19-25(12-16-28(30)37)32-31(34(39)35(40)36(32)20-23-10-14-27(41-3)15-11-23)33(38)26-13-17-29(22(2)18-26)43-21-24-8-6-5-7-9-24/h5-19,32,37-38H,4,20-21H2,1-3H3/b33-31-. The maximum absolute atomic E-state index is 13.6. The molecular weight excluding hydrogens is 546 g/mol. The molecule has 0 spiro atoms. The Bertz CT molecular complexity index is 1660. The predicted octanol–water partition coefficient (Wildman–Crippen LogP) is 6.31. The molecule has 1 aliphatic heterocycles. The highest BCUT2D eigenvalue weighted by atomic mass is 16.5. The summed E-state index contributed by atoms with van der Waals surface area (Å²) in [6.07, 6.45) is 0. The summed E-state index contributed by atoms with van der Waals surface area (Å²) in [4.78, 5) is 28.5. The normalized spacial score (nSPS) is 15.9. The van der Waals surface area contributed by atoms with Crippen LogP contribution in [0.4, 0.5) is 0 Å². The predicted molar refractivity (Wildman–Crippen MR) is 162 cm³/mol. The zero-order chi connectivity index (χ0) is 30.5. The van der Waals surface area contributed by atoms with E-state index in [-0.39, 0.29) is 29.4 Å². The summed E-state index contributed by atoms with van der Waals surface area (Å²) in [5.41, 5.74) is 3.38. The van der Waals surface area contributed by atoms with Crippen molar-refractivity contribution >= 4 is 17.4 Å². The van der Waals surface area contributed by atoms with Gasteiger partial charge in [-0.3, -0.25) is 9.59 Å². The van der Waals surface area contributed by atoms with E-state index in [1.54, 1.807) is 56.5 Å². The molecule has 4 aromatic rings. The maximum atomic E-state index is 13.6. The van der Waals surface area contributed by atoms with Gasteiger partial charge in [-0.15, -0.1) is 0 Å². The Morgan fingerprint density at radius 2 is 1.60 bits per heavy atom. The van der Waals surface area contributed by atoms with Gasteiger partial charge in [0.05, 0.1) is 25.3 Å². The van der Waals surface area contributed by atoms with Gasteiger partial charge < -0.3 is 29.3 Å². The van der Waals surface area contributed by atoms with Crippen LogP contribution >= 0.6 is 0 Å². The minimum atomic E-state index is -0.934. The summed E-state index contributed by atoms with van der Waals surface area (Å²) in [5, 5.41) is 21.9. The number of phenols is 1. The Labute approximate surface area is 250 Å². The Morgan fingerprint density at radius 3 is 2.28 bits per heavy atom. The summed E-state index contributed by atoms with van der Waals surface area (Å²) in [6, 6.07) is 25.8. The van der Waals surface area contributed by atoms with Crippen LogP contribution in [-0.2, 0) is 22.7 Å². The van der Waals surface area contributed by atoms with E-state index in [0.29, 0.717) is 35.8 Å². The van der Waals surface area contributed by atoms with Crippen LogP contribution in [0.2, 0.25) is 0 Å². The molecule has 0 radical (unpaired) electrons. The number of ketones is 1. The van der Waals surface area contributed by atoms with Crippen molar-refractivity contribution in [1.82, 2.24) is 4.90 Å². The van der Waals surface area contributed by atoms with Crippen molar-refractivity contribution in [2.75, 3.05) is 13.7 Å². The average Bonchev–Trinajstić information content (AvgIpc) is 3.27. The van der Waals surface area contributed by atoms with Crippen LogP contribution in [0.1, 0.15) is 40.8 Å². The second kappa shape index (κ2) is 12.7. The third-order valence-corrected chi connectivity index (χ3v) is 7.34. The van der Waals surface area contributed by atoms with Gasteiger partial charge in [0.25, 0.3) is 11.7 Å². The molecule has 2 N–H and O–H groups in total. The fourth-order valence-electron chi connectivity index (χ4n) is 5.14. The summed E-state index contributed by atoms with van der Waals surface area (Å²) in [6.45, 7) is 4.43. The van der Waals surface area contributed by atoms with Crippen LogP contribution in [0.25, 0.3) is 5.76 Å². The molecular formula is C35H33NO7. The second-order valence-electron chi connectivity index (χ2n) is 10.2. The van der Waals surface area contributed by atoms with E-state index in [1.807, 2.05) is 49.4 Å². The van der Waals surface area contributed by atoms with Crippen LogP contribution in [-0.4, -0.2) is 40.5 Å². The molecule has 1 saturated heterocycles. The van der Waals surface area contributed by atoms with Crippen LogP contribution in [0.15, 0.2) is 96.6 Å². The lowest BCUT2D eigenvalue weighted by molar-refractivity contribution is -0.140. The molecule has 4 aromatic carbocycles. The Kier molecular flexibility index (Phi) is 8.66. The number of phenolic OH excluding ortho intramolecular Hbond substituents is 1. The third kappa shape index (κ3) is 6.18. The van der Waals surface area contributed by atoms with Gasteiger partial charge in [-0.25, -0.2) is 0 Å². The van der Waals surface area contributed by atoms with Crippen molar-refractivity contribution in [3.8, 4) is 23.0 Å². The molecule has 1 amide bonds. The van der Waals surface area contributed by atoms with Gasteiger partial charge in [0.1, 0.15) is 23.9 Å². The number of carbonyl (C=O) groups is 2. The molecule has 43 heavy (non-hydrogen) atoms. The van der Waals surface area contributed by atoms with E-state index in [4.69, 9.17) is 14.2 Å². The minimum absolute atomic E-state index is 0.0518. The summed E-state index contributed by atoms with van der Waals surface area (Å²) in [5.74, 6) is -0.405. The number of amides is 1. The Hall–Kier alpha value is -5.24. The highest BCUT2D eigenvalue weighted by Gasteiger charge is 2.46. The number of benzene rings is 4. The highest BCUT2D eigenvalue weighted by Crippen LogP contribution is 2.43. The van der Waals surface area contributed by atoms with Crippen molar-refractivity contribution in [2.24, 2.45) is 0 Å². The quantitative estimate of drug-likeness (QED) is 0.129. The SMILES string of the molecule is CCOc1cc(C2/C(=C(/O)c3ccc(OCc4ccccc4)c(C)c3)C(=O)C(=O)N2Cc2ccc(OC)cc2)ccc1O. The summed E-state index contributed by atoms with van der Waals surface area (Å²) < 4.78 is 16.8. The van der Waals surface area contributed by atoms with Crippen molar-refractivity contribution < 1.29 is 34.0 Å². The number of methoxy groups -OCH3 is 1. The van der Waals surface area contributed by atoms with Gasteiger partial charge >= 0.3 is 0 Å². The number of likely N-dealkylation sites (tertiary alicyclic amines) is 1. The largest absolute Gasteiger partial charge is 0.507 e. The van der Waals surface area contributed by atoms with Crippen molar-refractivity contribution in [2.45, 2.75) is 33.0 Å². The van der Waals surface area contributed by atoms with E-state index in [2.05, 4.69) is 0 Å². The number of carbonyl (C=O) groups excluding carboxylic acids is 2. The Balaban J connectivity index is 1.54. The van der Waals surface area contributed by atoms with Crippen LogP contribution < -0.4 is 14.2 Å². The van der Waals surface area contributed by atoms with E-state index in [1.165, 1.54) is 11.0 Å². The molecule has 1 aliphatic rings. The van der Waals surface area contributed by atoms with Crippen LogP contribution in [0.3, 0.4) is 0 Å². The minimum Gasteiger partial charge on any atom is -0.507 e. The molecule has 0 aliphatic carbocycles. The third-order valence-electron chi connectivity index (χ3n) is 7.34. The van der Waals surface area contributed by atoms with Crippen LogP contribution in [0, 0.1) is 6.92 Å². The number of aryl methyl sites for hydroxylation is 1. The molecule has 1 atom stereocenters. The monoisotopic (exact) mass is 579 g/mol. The molecule has 0 bridgehead atoms. The number of aliphatic hydroxyl groups excluding tert-OH is 1. The summed E-state index contributed by atoms with van der Waals surface area (Å²) in [7, 11) is 1.57. The average molecular weight is 580 g/mol.